The molecular weight excluding hydrogens is 987 g/mol. The molecule has 0 aliphatic carbocycles. The number of nitrogens with one attached hydrogen (secondary N) is 5. The number of hydrogen-bond donors (Lipinski definition) is 9. The van der Waals surface area contributed by atoms with Crippen LogP contribution in [0.3, 0.4) is 0 Å². The van der Waals surface area contributed by atoms with E-state index in [0.717, 1.165) is 6.42 Å². The van der Waals surface area contributed by atoms with Crippen LogP contribution in [0.4, 0.5) is 26.3 Å². The Morgan fingerprint density at radius 2 is 1.00 bits per heavy atom. The van der Waals surface area contributed by atoms with E-state index in [1.807, 2.05) is 6.92 Å². The molecule has 11 unspecified atom stereocenters. The number of carbonyl (C=O) groups excluding carboxylic acids is 5. The molecule has 3 heterocycles. The zero-order valence-corrected chi connectivity index (χ0v) is 37.2. The number of hydrogen-bond acceptors (Lipinski definition) is 22. The SMILES string of the molecule is CCC1OC(C(=O)NCCN)CC1O.CCC1OC(C(=O)NCCNC(=O)C(F)(F)F)CC1O.O=C(NCCNC(=O)C(F)(F)F)C1CC(O)C(COOOP(=O)([O-])[P-]P(=O)([O-])OO[O-])O1. The Morgan fingerprint density at radius 3 is 1.35 bits per heavy atom. The van der Waals surface area contributed by atoms with Gasteiger partial charge in [0, 0.05) is 73.1 Å². The maximum Gasteiger partial charge on any atom is 0.471 e. The monoisotopic (exact) mass is 1040 g/mol. The van der Waals surface area contributed by atoms with Crippen molar-refractivity contribution in [1.82, 2.24) is 26.6 Å². The minimum absolute atomic E-state index is 0.145. The molecule has 0 bridgehead atoms. The van der Waals surface area contributed by atoms with E-state index in [0.29, 0.717) is 25.9 Å². The minimum atomic E-state index is -5.29. The van der Waals surface area contributed by atoms with Crippen molar-refractivity contribution in [2.45, 2.75) is 113 Å². The molecule has 3 rings (SSSR count). The van der Waals surface area contributed by atoms with Crippen LogP contribution in [0.1, 0.15) is 46.0 Å². The van der Waals surface area contributed by atoms with Gasteiger partial charge >= 0.3 is 24.2 Å². The number of aliphatic hydroxyl groups is 3. The zero-order valence-electron chi connectivity index (χ0n) is 34.6. The van der Waals surface area contributed by atoms with Crippen molar-refractivity contribution in [1.29, 1.82) is 0 Å². The van der Waals surface area contributed by atoms with Crippen molar-refractivity contribution >= 4 is 52.1 Å². The van der Waals surface area contributed by atoms with Gasteiger partial charge < -0.3 is 94.0 Å². The average Bonchev–Trinajstić information content (AvgIpc) is 3.92. The topological polar surface area (TPSA) is 409 Å². The van der Waals surface area contributed by atoms with Crippen LogP contribution in [0, 0.1) is 0 Å². The van der Waals surface area contributed by atoms with Gasteiger partial charge in [-0.2, -0.15) is 31.0 Å². The van der Waals surface area contributed by atoms with Crippen LogP contribution in [0.15, 0.2) is 0 Å². The van der Waals surface area contributed by atoms with E-state index in [4.69, 9.17) is 19.9 Å². The summed E-state index contributed by atoms with van der Waals surface area (Å²) in [6, 6.07) is 0. The third kappa shape index (κ3) is 23.5. The van der Waals surface area contributed by atoms with Gasteiger partial charge in [-0.1, -0.05) is 18.9 Å². The average molecular weight is 1040 g/mol. The van der Waals surface area contributed by atoms with Gasteiger partial charge in [-0.3, -0.25) is 29.0 Å². The van der Waals surface area contributed by atoms with Gasteiger partial charge in [-0.05, 0) is 12.8 Å². The molecule has 11 atom stereocenters. The van der Waals surface area contributed by atoms with Crippen LogP contribution < -0.4 is 47.4 Å². The van der Waals surface area contributed by atoms with Crippen molar-refractivity contribution in [2.24, 2.45) is 5.73 Å². The molecule has 0 saturated carbocycles. The number of alkyl halides is 6. The first kappa shape index (κ1) is 61.2. The summed E-state index contributed by atoms with van der Waals surface area (Å²) in [4.78, 5) is 82.5. The largest absolute Gasteiger partial charge is 0.799 e. The number of nitrogens with two attached hydrogens (primary N) is 1. The van der Waals surface area contributed by atoms with Crippen LogP contribution in [-0.4, -0.2) is 158 Å². The summed E-state index contributed by atoms with van der Waals surface area (Å²) >= 11 is 0. The maximum atomic E-state index is 12.0. The summed E-state index contributed by atoms with van der Waals surface area (Å²) in [7, 11) is -12.1. The molecule has 0 spiro atoms. The first-order valence-corrected chi connectivity index (χ1v) is 24.6. The Kier molecular flexibility index (Phi) is 27.2. The summed E-state index contributed by atoms with van der Waals surface area (Å²) in [6.07, 6.45) is -15.5. The highest BCUT2D eigenvalue weighted by molar-refractivity contribution is 8.50. The Bertz CT molecular complexity index is 1650. The molecule has 3 saturated heterocycles. The molecule has 27 nitrogen and oxygen atoms in total. The number of aliphatic hydroxyl groups excluding tert-OH is 3. The number of amides is 5. The Morgan fingerprint density at radius 1 is 0.652 bits per heavy atom. The van der Waals surface area contributed by atoms with E-state index < -0.39 is 120 Å². The molecule has 0 radical (unpaired) electrons. The van der Waals surface area contributed by atoms with Gasteiger partial charge in [-0.25, -0.2) is 9.56 Å². The number of carbonyl (C=O) groups is 5. The summed E-state index contributed by atoms with van der Waals surface area (Å²) in [5.74, 6) is -5.76. The fraction of sp³-hybridized carbons (Fsp3) is 0.833. The smallest absolute Gasteiger partial charge is 0.471 e. The molecule has 386 valence electrons. The molecule has 3 aliphatic rings. The highest BCUT2D eigenvalue weighted by atomic mass is 32.5. The van der Waals surface area contributed by atoms with Crippen molar-refractivity contribution in [3.05, 3.63) is 0 Å². The van der Waals surface area contributed by atoms with Crippen LogP contribution >= 0.6 is 22.5 Å². The summed E-state index contributed by atoms with van der Waals surface area (Å²) in [6.45, 7) is 2.49. The lowest BCUT2D eigenvalue weighted by molar-refractivity contribution is -0.782. The second-order valence-electron chi connectivity index (χ2n) is 13.5. The lowest BCUT2D eigenvalue weighted by atomic mass is 10.1. The predicted molar refractivity (Wildman–Crippen MR) is 197 cm³/mol. The first-order valence-electron chi connectivity index (χ1n) is 19.2. The fourth-order valence-electron chi connectivity index (χ4n) is 5.40. The third-order valence-corrected chi connectivity index (χ3v) is 15.1. The molecule has 3 fully saturated rings. The molecule has 66 heavy (non-hydrogen) atoms. The fourth-order valence-corrected chi connectivity index (χ4v) is 10.0. The highest BCUT2D eigenvalue weighted by Gasteiger charge is 2.41. The van der Waals surface area contributed by atoms with Crippen LogP contribution in [0.2, 0.25) is 0 Å². The molecule has 10 N–H and O–H groups in total. The Labute approximate surface area is 371 Å². The maximum absolute atomic E-state index is 12.0. The van der Waals surface area contributed by atoms with Crippen molar-refractivity contribution in [3.8, 4) is 0 Å². The van der Waals surface area contributed by atoms with E-state index in [1.165, 1.54) is 5.32 Å². The van der Waals surface area contributed by atoms with Gasteiger partial charge in [0.15, 0.2) is 0 Å². The van der Waals surface area contributed by atoms with Gasteiger partial charge in [0.1, 0.15) is 31.0 Å². The lowest BCUT2D eigenvalue weighted by Gasteiger charge is -2.42. The molecule has 5 amide bonds. The molecular formula is C30H49F6N6O21P3-4. The highest BCUT2D eigenvalue weighted by Crippen LogP contribution is 2.76. The van der Waals surface area contributed by atoms with Gasteiger partial charge in [0.05, 0.1) is 30.5 Å². The van der Waals surface area contributed by atoms with Crippen molar-refractivity contribution in [2.75, 3.05) is 45.9 Å². The van der Waals surface area contributed by atoms with E-state index in [-0.39, 0.29) is 44.5 Å². The number of halogens is 6. The van der Waals surface area contributed by atoms with Crippen LogP contribution in [-0.2, 0) is 71.6 Å². The molecule has 0 aromatic carbocycles. The van der Waals surface area contributed by atoms with Gasteiger partial charge in [0.25, 0.3) is 0 Å². The molecule has 0 aromatic heterocycles. The summed E-state index contributed by atoms with van der Waals surface area (Å²) < 4.78 is 117. The minimum Gasteiger partial charge on any atom is -0.799 e. The summed E-state index contributed by atoms with van der Waals surface area (Å²) in [5, 5.41) is 55.1. The Hall–Kier alpha value is -2.78. The molecule has 0 aromatic rings. The summed E-state index contributed by atoms with van der Waals surface area (Å²) in [5.41, 5.74) is 5.25. The quantitative estimate of drug-likeness (QED) is 0.0164. The van der Waals surface area contributed by atoms with Gasteiger partial charge in [0.2, 0.25) is 17.7 Å². The second kappa shape index (κ2) is 29.3. The standard InChI is InChI=1S/C11H17F3N2O4.C10H17F3N2O14P3.C9H18N2O3/c1-2-7-6(17)5-8(20-7)9(18)15-3-4-16-10(19)11(12,13)14;11-10(12,13)9(18)15-2-1-14-8(17)6-3-5(16)7(25-6)4-24-27-29-32(22,23)30-31(20,21)28-26-19;1-2-7-6(12)5-8(14-7)9(13)11-4-3-10/h6-8,17H,2-5H2,1H3,(H,15,18)(H,16,19);5-7,16,19H,1-4H2,(H,14,17)(H,15,18)(H,20,21)(H,22,23);6-8,12H,2-5,10H2,1H3,(H,11,13)/q;-1;/p-3. The Balaban J connectivity index is 0.000000543. The van der Waals surface area contributed by atoms with Gasteiger partial charge in [-0.15, -0.1) is 0 Å². The van der Waals surface area contributed by atoms with Crippen LogP contribution in [0.5, 0.6) is 0 Å². The van der Waals surface area contributed by atoms with Crippen molar-refractivity contribution < 1.29 is 128 Å². The second-order valence-corrected chi connectivity index (χ2v) is 20.9. The van der Waals surface area contributed by atoms with Crippen molar-refractivity contribution in [3.63, 3.8) is 0 Å². The van der Waals surface area contributed by atoms with Crippen LogP contribution in [0.25, 0.3) is 0 Å². The number of rotatable bonds is 22. The normalized spacial score (nSPS) is 27.0. The van der Waals surface area contributed by atoms with E-state index in [1.54, 1.807) is 12.2 Å². The third-order valence-electron chi connectivity index (χ3n) is 8.48. The predicted octanol–water partition coefficient (Wildman–Crippen LogP) is -4.01. The first-order chi connectivity index (χ1) is 30.6. The van der Waals surface area contributed by atoms with E-state index in [9.17, 15) is 89.8 Å². The van der Waals surface area contributed by atoms with E-state index >= 15 is 0 Å². The number of ether oxygens (including phenoxy) is 3. The lowest BCUT2D eigenvalue weighted by Crippen LogP contribution is -2.43. The zero-order chi connectivity index (χ0) is 50.5. The molecule has 3 aliphatic heterocycles. The van der Waals surface area contributed by atoms with E-state index in [2.05, 4.69) is 40.3 Å². The molecule has 36 heteroatoms.